The molecular formula is C13H14N2O2. The number of fused-ring (bicyclic) bond motifs is 1. The minimum Gasteiger partial charge on any atom is -0.496 e. The first-order chi connectivity index (χ1) is 8.30. The molecule has 0 aliphatic heterocycles. The van der Waals surface area contributed by atoms with Crippen molar-refractivity contribution in [2.24, 2.45) is 10.9 Å². The second kappa shape index (κ2) is 4.74. The molecule has 2 aromatic rings. The van der Waals surface area contributed by atoms with Gasteiger partial charge in [0.2, 0.25) is 0 Å². The highest BCUT2D eigenvalue weighted by molar-refractivity contribution is 5.96. The van der Waals surface area contributed by atoms with E-state index in [-0.39, 0.29) is 0 Å². The number of ether oxygens (including phenoxy) is 2. The Morgan fingerprint density at radius 3 is 2.53 bits per heavy atom. The van der Waals surface area contributed by atoms with E-state index < -0.39 is 0 Å². The highest BCUT2D eigenvalue weighted by Crippen LogP contribution is 2.31. The second-order valence-corrected chi connectivity index (χ2v) is 3.55. The number of benzene rings is 2. The van der Waals surface area contributed by atoms with Gasteiger partial charge in [0.15, 0.2) is 0 Å². The van der Waals surface area contributed by atoms with Crippen LogP contribution in [0.15, 0.2) is 35.4 Å². The van der Waals surface area contributed by atoms with Gasteiger partial charge in [0, 0.05) is 10.9 Å². The van der Waals surface area contributed by atoms with E-state index in [0.717, 1.165) is 27.8 Å². The van der Waals surface area contributed by atoms with E-state index in [4.69, 9.17) is 15.3 Å². The summed E-state index contributed by atoms with van der Waals surface area (Å²) in [5.41, 5.74) is 0.843. The molecule has 0 saturated carbocycles. The van der Waals surface area contributed by atoms with Gasteiger partial charge >= 0.3 is 0 Å². The number of rotatable bonds is 3. The molecule has 0 amide bonds. The Bertz CT molecular complexity index is 565. The summed E-state index contributed by atoms with van der Waals surface area (Å²) in [6, 6.07) is 9.75. The molecule has 0 spiro atoms. The van der Waals surface area contributed by atoms with Crippen LogP contribution in [0.1, 0.15) is 5.56 Å². The third-order valence-corrected chi connectivity index (χ3v) is 2.62. The lowest BCUT2D eigenvalue weighted by molar-refractivity contribution is 0.411. The van der Waals surface area contributed by atoms with E-state index in [1.807, 2.05) is 30.3 Å². The first-order valence-corrected chi connectivity index (χ1v) is 5.18. The van der Waals surface area contributed by atoms with Gasteiger partial charge in [0.1, 0.15) is 11.5 Å². The van der Waals surface area contributed by atoms with Crippen LogP contribution >= 0.6 is 0 Å². The quantitative estimate of drug-likeness (QED) is 0.499. The maximum Gasteiger partial charge on any atom is 0.128 e. The Balaban J connectivity index is 2.73. The summed E-state index contributed by atoms with van der Waals surface area (Å²) in [6.07, 6.45) is 1.57. The molecule has 0 saturated heterocycles. The molecule has 0 heterocycles. The van der Waals surface area contributed by atoms with E-state index in [0.29, 0.717) is 0 Å². The van der Waals surface area contributed by atoms with Crippen molar-refractivity contribution in [1.82, 2.24) is 0 Å². The van der Waals surface area contributed by atoms with Gasteiger partial charge in [-0.1, -0.05) is 12.1 Å². The lowest BCUT2D eigenvalue weighted by Gasteiger charge is -2.09. The normalized spacial score (nSPS) is 10.9. The van der Waals surface area contributed by atoms with Gasteiger partial charge in [-0.05, 0) is 23.6 Å². The Kier molecular flexibility index (Phi) is 3.14. The summed E-state index contributed by atoms with van der Waals surface area (Å²) in [6.45, 7) is 0. The number of hydrogen-bond donors (Lipinski definition) is 1. The summed E-state index contributed by atoms with van der Waals surface area (Å²) in [7, 11) is 3.26. The summed E-state index contributed by atoms with van der Waals surface area (Å²) in [5, 5.41) is 5.58. The molecule has 0 fully saturated rings. The highest BCUT2D eigenvalue weighted by Gasteiger charge is 2.07. The Labute approximate surface area is 99.6 Å². The van der Waals surface area contributed by atoms with Crippen LogP contribution in [0.3, 0.4) is 0 Å². The molecule has 4 heteroatoms. The molecule has 2 rings (SSSR count). The molecule has 88 valence electrons. The summed E-state index contributed by atoms with van der Waals surface area (Å²) in [5.74, 6) is 6.71. The molecule has 0 unspecified atom stereocenters. The summed E-state index contributed by atoms with van der Waals surface area (Å²) >= 11 is 0. The van der Waals surface area contributed by atoms with E-state index in [1.54, 1.807) is 20.4 Å². The van der Waals surface area contributed by atoms with E-state index in [1.165, 1.54) is 0 Å². The molecule has 0 bridgehead atoms. The molecule has 0 atom stereocenters. The maximum absolute atomic E-state index is 5.31. The fourth-order valence-corrected chi connectivity index (χ4v) is 1.83. The first kappa shape index (κ1) is 11.3. The molecule has 2 aromatic carbocycles. The van der Waals surface area contributed by atoms with Crippen molar-refractivity contribution >= 4 is 17.0 Å². The van der Waals surface area contributed by atoms with Crippen molar-refractivity contribution < 1.29 is 9.47 Å². The van der Waals surface area contributed by atoms with E-state index in [9.17, 15) is 0 Å². The maximum atomic E-state index is 5.31. The van der Waals surface area contributed by atoms with E-state index in [2.05, 4.69) is 5.10 Å². The zero-order valence-corrected chi connectivity index (χ0v) is 9.81. The third-order valence-electron chi connectivity index (χ3n) is 2.62. The summed E-state index contributed by atoms with van der Waals surface area (Å²) < 4.78 is 10.6. The predicted molar refractivity (Wildman–Crippen MR) is 68.8 cm³/mol. The van der Waals surface area contributed by atoms with Gasteiger partial charge in [-0.2, -0.15) is 5.10 Å². The van der Waals surface area contributed by atoms with Crippen LogP contribution in [-0.2, 0) is 0 Å². The van der Waals surface area contributed by atoms with Crippen LogP contribution in [-0.4, -0.2) is 20.4 Å². The molecular weight excluding hydrogens is 216 g/mol. The largest absolute Gasteiger partial charge is 0.496 e. The lowest BCUT2D eigenvalue weighted by Crippen LogP contribution is -1.94. The van der Waals surface area contributed by atoms with Crippen molar-refractivity contribution in [2.45, 2.75) is 0 Å². The minimum absolute atomic E-state index is 0.719. The zero-order chi connectivity index (χ0) is 12.3. The average Bonchev–Trinajstić information content (AvgIpc) is 2.37. The molecule has 0 aliphatic rings. The zero-order valence-electron chi connectivity index (χ0n) is 9.81. The highest BCUT2D eigenvalue weighted by atomic mass is 16.5. The van der Waals surface area contributed by atoms with Crippen LogP contribution in [0.2, 0.25) is 0 Å². The van der Waals surface area contributed by atoms with Crippen LogP contribution in [0, 0.1) is 0 Å². The van der Waals surface area contributed by atoms with Crippen LogP contribution in [0.25, 0.3) is 10.8 Å². The van der Waals surface area contributed by atoms with Crippen molar-refractivity contribution in [3.05, 3.63) is 35.9 Å². The van der Waals surface area contributed by atoms with Gasteiger partial charge < -0.3 is 15.3 Å². The number of nitrogens with zero attached hydrogens (tertiary/aromatic N) is 1. The molecule has 0 radical (unpaired) electrons. The smallest absolute Gasteiger partial charge is 0.128 e. The molecule has 4 nitrogen and oxygen atoms in total. The van der Waals surface area contributed by atoms with Crippen molar-refractivity contribution in [1.29, 1.82) is 0 Å². The molecule has 17 heavy (non-hydrogen) atoms. The Hall–Kier alpha value is -2.23. The fraction of sp³-hybridized carbons (Fsp3) is 0.154. The van der Waals surface area contributed by atoms with Crippen LogP contribution in [0.5, 0.6) is 11.5 Å². The standard InChI is InChI=1S/C13H14N2O2/c1-16-12-5-3-4-9-6-10(8-15-14)13(17-2)7-11(9)12/h3-8H,14H2,1-2H3. The topological polar surface area (TPSA) is 56.8 Å². The number of methoxy groups -OCH3 is 2. The number of hydrazone groups is 1. The van der Waals surface area contributed by atoms with Crippen molar-refractivity contribution in [3.63, 3.8) is 0 Å². The first-order valence-electron chi connectivity index (χ1n) is 5.18. The monoisotopic (exact) mass is 230 g/mol. The van der Waals surface area contributed by atoms with Gasteiger partial charge in [0.25, 0.3) is 0 Å². The Morgan fingerprint density at radius 1 is 1.12 bits per heavy atom. The van der Waals surface area contributed by atoms with Gasteiger partial charge in [-0.15, -0.1) is 0 Å². The lowest BCUT2D eigenvalue weighted by atomic mass is 10.1. The number of nitrogens with two attached hydrogens (primary N) is 1. The number of hydrogen-bond acceptors (Lipinski definition) is 4. The van der Waals surface area contributed by atoms with Gasteiger partial charge in [-0.3, -0.25) is 0 Å². The third kappa shape index (κ3) is 2.01. The van der Waals surface area contributed by atoms with Crippen LogP contribution in [0.4, 0.5) is 0 Å². The Morgan fingerprint density at radius 2 is 1.88 bits per heavy atom. The predicted octanol–water partition coefficient (Wildman–Crippen LogP) is 2.15. The van der Waals surface area contributed by atoms with Crippen molar-refractivity contribution in [2.75, 3.05) is 14.2 Å². The summed E-state index contributed by atoms with van der Waals surface area (Å²) in [4.78, 5) is 0. The average molecular weight is 230 g/mol. The molecule has 0 aliphatic carbocycles. The van der Waals surface area contributed by atoms with Gasteiger partial charge in [0.05, 0.1) is 20.4 Å². The van der Waals surface area contributed by atoms with Gasteiger partial charge in [-0.25, -0.2) is 0 Å². The van der Waals surface area contributed by atoms with Crippen molar-refractivity contribution in [3.8, 4) is 11.5 Å². The fourth-order valence-electron chi connectivity index (χ4n) is 1.83. The SMILES string of the molecule is COc1cc2c(OC)cccc2cc1C=NN. The van der Waals surface area contributed by atoms with E-state index >= 15 is 0 Å². The molecule has 0 aromatic heterocycles. The minimum atomic E-state index is 0.719. The molecule has 2 N–H and O–H groups in total. The second-order valence-electron chi connectivity index (χ2n) is 3.55. The van der Waals surface area contributed by atoms with Crippen LogP contribution < -0.4 is 15.3 Å².